The standard InChI is InChI=1S/C11H15F2N3O/c1-3-16(4-2)11(17)15-10-8(14)6-5-7(12)9(10)13/h5-6H,3-4,14H2,1-2H3,(H,15,17). The van der Waals surface area contributed by atoms with Gasteiger partial charge in [0.1, 0.15) is 5.69 Å². The van der Waals surface area contributed by atoms with Crippen molar-refractivity contribution in [3.8, 4) is 0 Å². The molecule has 0 bridgehead atoms. The fourth-order valence-corrected chi connectivity index (χ4v) is 1.39. The second-order valence-electron chi connectivity index (χ2n) is 3.43. The molecule has 0 atom stereocenters. The number of nitrogens with one attached hydrogen (secondary N) is 1. The van der Waals surface area contributed by atoms with Crippen molar-refractivity contribution in [2.45, 2.75) is 13.8 Å². The van der Waals surface area contributed by atoms with E-state index in [4.69, 9.17) is 5.73 Å². The first-order chi connectivity index (χ1) is 8.01. The fraction of sp³-hybridized carbons (Fsp3) is 0.364. The highest BCUT2D eigenvalue weighted by Gasteiger charge is 2.16. The van der Waals surface area contributed by atoms with Crippen LogP contribution in [0.15, 0.2) is 12.1 Å². The molecule has 1 rings (SSSR count). The van der Waals surface area contributed by atoms with Crippen LogP contribution in [0.2, 0.25) is 0 Å². The maximum atomic E-state index is 13.4. The Morgan fingerprint density at radius 1 is 1.35 bits per heavy atom. The lowest BCUT2D eigenvalue weighted by molar-refractivity contribution is 0.217. The van der Waals surface area contributed by atoms with Crippen molar-refractivity contribution in [1.82, 2.24) is 4.90 Å². The number of anilines is 2. The van der Waals surface area contributed by atoms with Crippen molar-refractivity contribution in [2.75, 3.05) is 24.1 Å². The van der Waals surface area contributed by atoms with Crippen molar-refractivity contribution in [2.24, 2.45) is 0 Å². The van der Waals surface area contributed by atoms with Crippen molar-refractivity contribution < 1.29 is 13.6 Å². The van der Waals surface area contributed by atoms with Crippen molar-refractivity contribution in [1.29, 1.82) is 0 Å². The summed E-state index contributed by atoms with van der Waals surface area (Å²) in [4.78, 5) is 13.1. The molecule has 0 aromatic heterocycles. The third kappa shape index (κ3) is 2.83. The van der Waals surface area contributed by atoms with Gasteiger partial charge in [0.15, 0.2) is 11.6 Å². The zero-order valence-electron chi connectivity index (χ0n) is 9.76. The quantitative estimate of drug-likeness (QED) is 0.801. The van der Waals surface area contributed by atoms with E-state index in [0.717, 1.165) is 6.07 Å². The third-order valence-corrected chi connectivity index (χ3v) is 2.41. The number of halogens is 2. The van der Waals surface area contributed by atoms with Crippen LogP contribution in [0, 0.1) is 11.6 Å². The monoisotopic (exact) mass is 243 g/mol. The average molecular weight is 243 g/mol. The Morgan fingerprint density at radius 3 is 2.47 bits per heavy atom. The number of nitrogens with two attached hydrogens (primary N) is 1. The van der Waals surface area contributed by atoms with Gasteiger partial charge in [-0.25, -0.2) is 13.6 Å². The van der Waals surface area contributed by atoms with Gasteiger partial charge in [0.05, 0.1) is 5.69 Å². The Morgan fingerprint density at radius 2 is 1.94 bits per heavy atom. The van der Waals surface area contributed by atoms with E-state index in [9.17, 15) is 13.6 Å². The molecule has 0 aliphatic rings. The largest absolute Gasteiger partial charge is 0.397 e. The molecule has 0 unspecified atom stereocenters. The SMILES string of the molecule is CCN(CC)C(=O)Nc1c(N)ccc(F)c1F. The molecular weight excluding hydrogens is 228 g/mol. The van der Waals surface area contributed by atoms with Crippen molar-refractivity contribution in [3.63, 3.8) is 0 Å². The summed E-state index contributed by atoms with van der Waals surface area (Å²) in [6.45, 7) is 4.51. The summed E-state index contributed by atoms with van der Waals surface area (Å²) in [7, 11) is 0. The fourth-order valence-electron chi connectivity index (χ4n) is 1.39. The first kappa shape index (κ1) is 13.2. The molecule has 1 aromatic rings. The van der Waals surface area contributed by atoms with Crippen LogP contribution in [-0.4, -0.2) is 24.0 Å². The lowest BCUT2D eigenvalue weighted by atomic mass is 10.2. The molecule has 94 valence electrons. The van der Waals surface area contributed by atoms with Crippen molar-refractivity contribution in [3.05, 3.63) is 23.8 Å². The van der Waals surface area contributed by atoms with Gasteiger partial charge < -0.3 is 16.0 Å². The number of amides is 2. The summed E-state index contributed by atoms with van der Waals surface area (Å²) in [5, 5.41) is 2.27. The minimum Gasteiger partial charge on any atom is -0.397 e. The number of carbonyl (C=O) groups excluding carboxylic acids is 1. The number of nitrogens with zero attached hydrogens (tertiary/aromatic N) is 1. The molecule has 0 saturated carbocycles. The van der Waals surface area contributed by atoms with Crippen LogP contribution in [-0.2, 0) is 0 Å². The van der Waals surface area contributed by atoms with E-state index >= 15 is 0 Å². The second kappa shape index (κ2) is 5.47. The normalized spacial score (nSPS) is 10.1. The van der Waals surface area contributed by atoms with Gasteiger partial charge in [0.2, 0.25) is 0 Å². The molecule has 4 nitrogen and oxygen atoms in total. The summed E-state index contributed by atoms with van der Waals surface area (Å²) in [6.07, 6.45) is 0. The zero-order valence-corrected chi connectivity index (χ0v) is 9.76. The molecule has 2 amide bonds. The maximum absolute atomic E-state index is 13.4. The van der Waals surface area contributed by atoms with Gasteiger partial charge >= 0.3 is 6.03 Å². The Labute approximate surface area is 98.4 Å². The van der Waals surface area contributed by atoms with Gasteiger partial charge in [-0.2, -0.15) is 0 Å². The number of hydrogen-bond donors (Lipinski definition) is 2. The number of urea groups is 1. The Kier molecular flexibility index (Phi) is 4.25. The minimum atomic E-state index is -1.15. The number of rotatable bonds is 3. The van der Waals surface area contributed by atoms with Crippen LogP contribution in [0.25, 0.3) is 0 Å². The van der Waals surface area contributed by atoms with Gasteiger partial charge in [-0.05, 0) is 26.0 Å². The minimum absolute atomic E-state index is 0.00981. The van der Waals surface area contributed by atoms with Crippen LogP contribution >= 0.6 is 0 Å². The van der Waals surface area contributed by atoms with E-state index in [1.165, 1.54) is 11.0 Å². The maximum Gasteiger partial charge on any atom is 0.321 e. The van der Waals surface area contributed by atoms with E-state index in [-0.39, 0.29) is 11.4 Å². The summed E-state index contributed by atoms with van der Waals surface area (Å²) in [5.74, 6) is -2.19. The highest BCUT2D eigenvalue weighted by Crippen LogP contribution is 2.24. The zero-order chi connectivity index (χ0) is 13.0. The van der Waals surface area contributed by atoms with Crippen LogP contribution in [0.4, 0.5) is 25.0 Å². The first-order valence-electron chi connectivity index (χ1n) is 5.30. The summed E-state index contributed by atoms with van der Waals surface area (Å²) < 4.78 is 26.4. The van der Waals surface area contributed by atoms with E-state index in [0.29, 0.717) is 13.1 Å². The van der Waals surface area contributed by atoms with Gasteiger partial charge in [0, 0.05) is 13.1 Å². The molecular formula is C11H15F2N3O. The Hall–Kier alpha value is -1.85. The summed E-state index contributed by atoms with van der Waals surface area (Å²) in [5.41, 5.74) is 5.15. The third-order valence-electron chi connectivity index (χ3n) is 2.41. The smallest absolute Gasteiger partial charge is 0.321 e. The first-order valence-corrected chi connectivity index (χ1v) is 5.30. The lowest BCUT2D eigenvalue weighted by Crippen LogP contribution is -2.35. The number of carbonyl (C=O) groups is 1. The molecule has 0 heterocycles. The van der Waals surface area contributed by atoms with E-state index in [1.54, 1.807) is 13.8 Å². The predicted molar refractivity (Wildman–Crippen MR) is 62.7 cm³/mol. The van der Waals surface area contributed by atoms with Crippen LogP contribution in [0.1, 0.15) is 13.8 Å². The molecule has 1 aromatic carbocycles. The highest BCUT2D eigenvalue weighted by atomic mass is 19.2. The molecule has 3 N–H and O–H groups in total. The molecule has 17 heavy (non-hydrogen) atoms. The van der Waals surface area contributed by atoms with Crippen LogP contribution in [0.5, 0.6) is 0 Å². The average Bonchev–Trinajstić information content (AvgIpc) is 2.31. The molecule has 0 saturated heterocycles. The topological polar surface area (TPSA) is 58.4 Å². The summed E-state index contributed by atoms with van der Waals surface area (Å²) >= 11 is 0. The summed E-state index contributed by atoms with van der Waals surface area (Å²) in [6, 6.07) is 1.61. The molecule has 0 aliphatic heterocycles. The Balaban J connectivity index is 2.95. The van der Waals surface area contributed by atoms with Gasteiger partial charge in [-0.15, -0.1) is 0 Å². The molecule has 0 radical (unpaired) electrons. The lowest BCUT2D eigenvalue weighted by Gasteiger charge is -2.20. The van der Waals surface area contributed by atoms with Gasteiger partial charge in [-0.3, -0.25) is 0 Å². The number of benzene rings is 1. The molecule has 0 spiro atoms. The van der Waals surface area contributed by atoms with Gasteiger partial charge in [-0.1, -0.05) is 0 Å². The molecule has 0 fully saturated rings. The van der Waals surface area contributed by atoms with E-state index < -0.39 is 17.7 Å². The Bertz CT molecular complexity index is 419. The van der Waals surface area contributed by atoms with Gasteiger partial charge in [0.25, 0.3) is 0 Å². The van der Waals surface area contributed by atoms with E-state index in [1.807, 2.05) is 0 Å². The van der Waals surface area contributed by atoms with Crippen LogP contribution in [0.3, 0.4) is 0 Å². The molecule has 0 aliphatic carbocycles. The number of hydrogen-bond acceptors (Lipinski definition) is 2. The van der Waals surface area contributed by atoms with Crippen molar-refractivity contribution >= 4 is 17.4 Å². The molecule has 6 heteroatoms. The predicted octanol–water partition coefficient (Wildman–Crippen LogP) is 2.42. The second-order valence-corrected chi connectivity index (χ2v) is 3.43. The number of nitrogen functional groups attached to an aromatic ring is 1. The highest BCUT2D eigenvalue weighted by molar-refractivity contribution is 5.92. The van der Waals surface area contributed by atoms with E-state index in [2.05, 4.69) is 5.32 Å². The van der Waals surface area contributed by atoms with Crippen LogP contribution < -0.4 is 11.1 Å².